The summed E-state index contributed by atoms with van der Waals surface area (Å²) >= 11 is 0. The van der Waals surface area contributed by atoms with Crippen molar-refractivity contribution in [3.05, 3.63) is 22.2 Å². The quantitative estimate of drug-likeness (QED) is 0.462. The number of pyridine rings is 1. The Kier molecular flexibility index (Phi) is 3.82. The Morgan fingerprint density at radius 3 is 2.84 bits per heavy atom. The molecule has 2 heterocycles. The number of nitrogens with one attached hydrogen (secondary N) is 1. The molecule has 0 aliphatic carbocycles. The van der Waals surface area contributed by atoms with Crippen molar-refractivity contribution in [2.24, 2.45) is 5.84 Å². The Bertz CT molecular complexity index is 478. The lowest BCUT2D eigenvalue weighted by Crippen LogP contribution is -2.32. The van der Waals surface area contributed by atoms with Crippen molar-refractivity contribution in [3.8, 4) is 0 Å². The van der Waals surface area contributed by atoms with Crippen LogP contribution in [0.1, 0.15) is 6.42 Å². The van der Waals surface area contributed by atoms with E-state index in [1.807, 2.05) is 19.0 Å². The van der Waals surface area contributed by atoms with Crippen LogP contribution in [0.2, 0.25) is 0 Å². The minimum atomic E-state index is -0.411. The number of hydrogen-bond acceptors (Lipinski definition) is 7. The van der Waals surface area contributed by atoms with Crippen LogP contribution >= 0.6 is 0 Å². The molecule has 19 heavy (non-hydrogen) atoms. The average molecular weight is 266 g/mol. The summed E-state index contributed by atoms with van der Waals surface area (Å²) < 4.78 is 0. The van der Waals surface area contributed by atoms with Crippen LogP contribution in [-0.2, 0) is 0 Å². The van der Waals surface area contributed by atoms with Crippen LogP contribution in [0.5, 0.6) is 0 Å². The molecule has 0 saturated carbocycles. The van der Waals surface area contributed by atoms with E-state index >= 15 is 0 Å². The molecule has 1 atom stereocenters. The van der Waals surface area contributed by atoms with Gasteiger partial charge in [-0.15, -0.1) is 0 Å². The molecular formula is C11H18N6O2. The summed E-state index contributed by atoms with van der Waals surface area (Å²) in [5.74, 6) is 6.11. The zero-order chi connectivity index (χ0) is 14.0. The van der Waals surface area contributed by atoms with Crippen molar-refractivity contribution in [2.75, 3.05) is 37.5 Å². The lowest BCUT2D eigenvalue weighted by atomic mass is 10.2. The molecule has 1 fully saturated rings. The first kappa shape index (κ1) is 13.5. The van der Waals surface area contributed by atoms with Crippen molar-refractivity contribution in [3.63, 3.8) is 0 Å². The Morgan fingerprint density at radius 1 is 1.58 bits per heavy atom. The molecule has 0 bridgehead atoms. The zero-order valence-electron chi connectivity index (χ0n) is 11.0. The monoisotopic (exact) mass is 266 g/mol. The van der Waals surface area contributed by atoms with Gasteiger partial charge in [0, 0.05) is 25.2 Å². The van der Waals surface area contributed by atoms with Gasteiger partial charge in [0.05, 0.1) is 4.92 Å². The fourth-order valence-corrected chi connectivity index (χ4v) is 2.25. The molecule has 1 aromatic rings. The van der Waals surface area contributed by atoms with Gasteiger partial charge in [-0.1, -0.05) is 0 Å². The van der Waals surface area contributed by atoms with E-state index in [2.05, 4.69) is 15.3 Å². The van der Waals surface area contributed by atoms with Crippen LogP contribution in [0.3, 0.4) is 0 Å². The summed E-state index contributed by atoms with van der Waals surface area (Å²) in [4.78, 5) is 18.9. The molecule has 0 radical (unpaired) electrons. The highest BCUT2D eigenvalue weighted by Gasteiger charge is 2.29. The van der Waals surface area contributed by atoms with E-state index in [1.54, 1.807) is 0 Å². The number of aromatic nitrogens is 1. The van der Waals surface area contributed by atoms with Gasteiger partial charge < -0.3 is 15.2 Å². The lowest BCUT2D eigenvalue weighted by molar-refractivity contribution is -0.384. The van der Waals surface area contributed by atoms with Gasteiger partial charge in [0.1, 0.15) is 5.82 Å². The SMILES string of the molecule is CN(C)C1CCN(c2nc(NN)ccc2[N+](=O)[O-])C1. The van der Waals surface area contributed by atoms with Gasteiger partial charge in [-0.2, -0.15) is 0 Å². The fraction of sp³-hybridized carbons (Fsp3) is 0.545. The van der Waals surface area contributed by atoms with Crippen LogP contribution in [0.25, 0.3) is 0 Å². The van der Waals surface area contributed by atoms with Crippen LogP contribution in [0, 0.1) is 10.1 Å². The third kappa shape index (κ3) is 2.74. The van der Waals surface area contributed by atoms with Crippen LogP contribution < -0.4 is 16.2 Å². The maximum atomic E-state index is 11.1. The first-order valence-corrected chi connectivity index (χ1v) is 6.06. The molecule has 1 unspecified atom stereocenters. The van der Waals surface area contributed by atoms with Crippen LogP contribution in [0.4, 0.5) is 17.3 Å². The summed E-state index contributed by atoms with van der Waals surface area (Å²) in [6, 6.07) is 3.32. The topological polar surface area (TPSA) is 101 Å². The molecule has 2 rings (SSSR count). The highest BCUT2D eigenvalue weighted by atomic mass is 16.6. The minimum Gasteiger partial charge on any atom is -0.349 e. The molecule has 1 aliphatic heterocycles. The molecule has 3 N–H and O–H groups in total. The third-order valence-electron chi connectivity index (χ3n) is 3.39. The largest absolute Gasteiger partial charge is 0.349 e. The number of nitro groups is 1. The van der Waals surface area contributed by atoms with Crippen molar-refractivity contribution in [1.29, 1.82) is 0 Å². The molecule has 0 aromatic carbocycles. The second-order valence-electron chi connectivity index (χ2n) is 4.79. The normalized spacial score (nSPS) is 18.9. The van der Waals surface area contributed by atoms with E-state index in [0.29, 0.717) is 17.7 Å². The smallest absolute Gasteiger partial charge is 0.311 e. The van der Waals surface area contributed by atoms with E-state index in [0.717, 1.165) is 19.5 Å². The maximum absolute atomic E-state index is 11.1. The van der Waals surface area contributed by atoms with Gasteiger partial charge in [0.15, 0.2) is 0 Å². The lowest BCUT2D eigenvalue weighted by Gasteiger charge is -2.21. The molecule has 104 valence electrons. The summed E-state index contributed by atoms with van der Waals surface area (Å²) in [5, 5.41) is 11.1. The first-order valence-electron chi connectivity index (χ1n) is 6.06. The van der Waals surface area contributed by atoms with E-state index < -0.39 is 4.92 Å². The van der Waals surface area contributed by atoms with Gasteiger partial charge in [0.25, 0.3) is 0 Å². The molecule has 1 aliphatic rings. The second-order valence-corrected chi connectivity index (χ2v) is 4.79. The Balaban J connectivity index is 2.30. The first-order chi connectivity index (χ1) is 9.02. The van der Waals surface area contributed by atoms with E-state index in [9.17, 15) is 10.1 Å². The average Bonchev–Trinajstić information content (AvgIpc) is 2.87. The number of nitrogens with zero attached hydrogens (tertiary/aromatic N) is 4. The van der Waals surface area contributed by atoms with Crippen LogP contribution in [0.15, 0.2) is 12.1 Å². The molecular weight excluding hydrogens is 248 g/mol. The zero-order valence-corrected chi connectivity index (χ0v) is 11.0. The number of nitrogen functional groups attached to an aromatic ring is 1. The van der Waals surface area contributed by atoms with Gasteiger partial charge in [-0.3, -0.25) is 10.1 Å². The van der Waals surface area contributed by atoms with E-state index in [1.165, 1.54) is 12.1 Å². The number of rotatable bonds is 4. The standard InChI is InChI=1S/C11H18N6O2/c1-15(2)8-5-6-16(7-8)11-9(17(18)19)3-4-10(13-11)14-12/h3-4,8H,5-7,12H2,1-2H3,(H,13,14). The van der Waals surface area contributed by atoms with Crippen molar-refractivity contribution >= 4 is 17.3 Å². The molecule has 1 aromatic heterocycles. The maximum Gasteiger partial charge on any atom is 0.311 e. The summed E-state index contributed by atoms with van der Waals surface area (Å²) in [5.41, 5.74) is 2.43. The van der Waals surface area contributed by atoms with Crippen molar-refractivity contribution in [2.45, 2.75) is 12.5 Å². The molecule has 1 saturated heterocycles. The number of hydrazine groups is 1. The number of likely N-dealkylation sites (N-methyl/N-ethyl adjacent to an activating group) is 1. The van der Waals surface area contributed by atoms with E-state index in [4.69, 9.17) is 5.84 Å². The Labute approximate surface area is 111 Å². The van der Waals surface area contributed by atoms with Crippen LogP contribution in [-0.4, -0.2) is 48.0 Å². The summed E-state index contributed by atoms with van der Waals surface area (Å²) in [6.07, 6.45) is 0.964. The van der Waals surface area contributed by atoms with Gasteiger partial charge >= 0.3 is 5.69 Å². The Morgan fingerprint density at radius 2 is 2.32 bits per heavy atom. The Hall–Kier alpha value is -1.93. The predicted molar refractivity (Wildman–Crippen MR) is 73.0 cm³/mol. The van der Waals surface area contributed by atoms with Gasteiger partial charge in [0.2, 0.25) is 5.82 Å². The second kappa shape index (κ2) is 5.37. The summed E-state index contributed by atoms with van der Waals surface area (Å²) in [7, 11) is 4.02. The van der Waals surface area contributed by atoms with Gasteiger partial charge in [-0.25, -0.2) is 10.8 Å². The van der Waals surface area contributed by atoms with E-state index in [-0.39, 0.29) is 5.69 Å². The highest BCUT2D eigenvalue weighted by Crippen LogP contribution is 2.30. The molecule has 0 spiro atoms. The minimum absolute atomic E-state index is 0.0124. The molecule has 0 amide bonds. The third-order valence-corrected chi connectivity index (χ3v) is 3.39. The fourth-order valence-electron chi connectivity index (χ4n) is 2.25. The van der Waals surface area contributed by atoms with Crippen molar-refractivity contribution < 1.29 is 4.92 Å². The van der Waals surface area contributed by atoms with Crippen molar-refractivity contribution in [1.82, 2.24) is 9.88 Å². The predicted octanol–water partition coefficient (Wildman–Crippen LogP) is 0.416. The van der Waals surface area contributed by atoms with Gasteiger partial charge in [-0.05, 0) is 26.6 Å². The molecule has 8 heteroatoms. The highest BCUT2D eigenvalue weighted by molar-refractivity contribution is 5.62. The number of anilines is 2. The number of hydrogen-bond donors (Lipinski definition) is 2. The summed E-state index contributed by atoms with van der Waals surface area (Å²) in [6.45, 7) is 1.49. The molecule has 8 nitrogen and oxygen atoms in total. The number of nitrogens with two attached hydrogens (primary N) is 1.